The maximum absolute atomic E-state index is 11.3. The molecule has 1 amide bonds. The number of fused-ring (bicyclic) bond motifs is 2. The van der Waals surface area contributed by atoms with Crippen LogP contribution in [0.3, 0.4) is 0 Å². The van der Waals surface area contributed by atoms with Crippen LogP contribution in [0.1, 0.15) is 19.3 Å². The zero-order valence-corrected chi connectivity index (χ0v) is 16.8. The lowest BCUT2D eigenvalue weighted by atomic mass is 9.96. The number of halogens is 1. The van der Waals surface area contributed by atoms with Gasteiger partial charge in [-0.05, 0) is 69.2 Å². The first kappa shape index (κ1) is 18.7. The molecule has 1 saturated heterocycles. The molecule has 0 atom stereocenters. The van der Waals surface area contributed by atoms with Crippen LogP contribution in [-0.2, 0) is 4.79 Å². The molecule has 2 heterocycles. The molecule has 4 rings (SSSR count). The Morgan fingerprint density at radius 3 is 2.59 bits per heavy atom. The van der Waals surface area contributed by atoms with Crippen LogP contribution in [0.5, 0.6) is 0 Å². The number of nitrogens with two attached hydrogens (primary N) is 1. The maximum Gasteiger partial charge on any atom is 0.220 e. The monoisotopic (exact) mass is 401 g/mol. The van der Waals surface area contributed by atoms with Gasteiger partial charge in [-0.2, -0.15) is 0 Å². The summed E-state index contributed by atoms with van der Waals surface area (Å²) in [5, 5.41) is 0.776. The molecule has 142 valence electrons. The van der Waals surface area contributed by atoms with Gasteiger partial charge in [-0.1, -0.05) is 35.5 Å². The molecule has 0 unspecified atom stereocenters. The largest absolute Gasteiger partial charge is 0.369 e. The smallest absolute Gasteiger partial charge is 0.220 e. The van der Waals surface area contributed by atoms with Crippen LogP contribution in [0.15, 0.2) is 52.3 Å². The number of amides is 1. The standard InChI is InChI=1S/C21H24ClN3OS/c22-16-6-7-18-20(14-16)27-19-5-2-1-4-17(19)25(18)11-3-10-24-12-8-15(9-13-24)21(23)26/h1-2,4-7,14-15H,3,8-13H2,(H2,23,26). The quantitative estimate of drug-likeness (QED) is 0.799. The van der Waals surface area contributed by atoms with Gasteiger partial charge in [-0.3, -0.25) is 4.79 Å². The van der Waals surface area contributed by atoms with Crippen molar-refractivity contribution >= 4 is 40.6 Å². The number of anilines is 2. The molecule has 2 aliphatic heterocycles. The summed E-state index contributed by atoms with van der Waals surface area (Å²) in [6, 6.07) is 14.7. The number of carbonyl (C=O) groups excluding carboxylic acids is 1. The Hall–Kier alpha value is -1.69. The minimum absolute atomic E-state index is 0.0591. The number of hydrogen-bond donors (Lipinski definition) is 1. The van der Waals surface area contributed by atoms with Gasteiger partial charge in [0, 0.05) is 27.3 Å². The Bertz CT molecular complexity index is 836. The van der Waals surface area contributed by atoms with Gasteiger partial charge in [-0.25, -0.2) is 0 Å². The van der Waals surface area contributed by atoms with Gasteiger partial charge in [-0.15, -0.1) is 0 Å². The second-order valence-electron chi connectivity index (χ2n) is 7.21. The molecule has 27 heavy (non-hydrogen) atoms. The lowest BCUT2D eigenvalue weighted by Crippen LogP contribution is -2.39. The molecular weight excluding hydrogens is 378 g/mol. The number of piperidine rings is 1. The molecule has 2 aromatic carbocycles. The fourth-order valence-corrected chi connectivity index (χ4v) is 5.31. The van der Waals surface area contributed by atoms with Crippen molar-refractivity contribution in [1.82, 2.24) is 4.90 Å². The third-order valence-electron chi connectivity index (χ3n) is 5.43. The SMILES string of the molecule is NC(=O)C1CCN(CCCN2c3ccccc3Sc3cc(Cl)ccc32)CC1. The molecular formula is C21H24ClN3OS. The molecule has 0 aliphatic carbocycles. The van der Waals surface area contributed by atoms with E-state index >= 15 is 0 Å². The minimum atomic E-state index is -0.146. The van der Waals surface area contributed by atoms with E-state index < -0.39 is 0 Å². The molecule has 2 aliphatic rings. The Labute approximate surface area is 169 Å². The summed E-state index contributed by atoms with van der Waals surface area (Å²) < 4.78 is 0. The number of hydrogen-bond acceptors (Lipinski definition) is 4. The lowest BCUT2D eigenvalue weighted by molar-refractivity contribution is -0.123. The second kappa shape index (κ2) is 8.13. The predicted octanol–water partition coefficient (Wildman–Crippen LogP) is 4.53. The summed E-state index contributed by atoms with van der Waals surface area (Å²) in [5.41, 5.74) is 7.94. The number of likely N-dealkylation sites (tertiary alicyclic amines) is 1. The fraction of sp³-hybridized carbons (Fsp3) is 0.381. The van der Waals surface area contributed by atoms with Gasteiger partial charge in [0.1, 0.15) is 0 Å². The van der Waals surface area contributed by atoms with E-state index in [1.807, 2.05) is 6.07 Å². The average molecular weight is 402 g/mol. The Balaban J connectivity index is 1.43. The lowest BCUT2D eigenvalue weighted by Gasteiger charge is -2.34. The van der Waals surface area contributed by atoms with E-state index in [-0.39, 0.29) is 11.8 Å². The van der Waals surface area contributed by atoms with Gasteiger partial charge in [0.25, 0.3) is 0 Å². The van der Waals surface area contributed by atoms with Crippen molar-refractivity contribution in [3.63, 3.8) is 0 Å². The number of benzene rings is 2. The number of carbonyl (C=O) groups is 1. The van der Waals surface area contributed by atoms with Crippen LogP contribution < -0.4 is 10.6 Å². The highest BCUT2D eigenvalue weighted by Gasteiger charge is 2.25. The van der Waals surface area contributed by atoms with Crippen LogP contribution >= 0.6 is 23.4 Å². The van der Waals surface area contributed by atoms with E-state index in [9.17, 15) is 4.79 Å². The van der Waals surface area contributed by atoms with Crippen molar-refractivity contribution in [1.29, 1.82) is 0 Å². The molecule has 2 aromatic rings. The van der Waals surface area contributed by atoms with Crippen molar-refractivity contribution < 1.29 is 4.79 Å². The second-order valence-corrected chi connectivity index (χ2v) is 8.73. The number of primary amides is 1. The number of nitrogens with zero attached hydrogens (tertiary/aromatic N) is 2. The zero-order chi connectivity index (χ0) is 18.8. The van der Waals surface area contributed by atoms with Crippen LogP contribution in [0, 0.1) is 5.92 Å². The van der Waals surface area contributed by atoms with Gasteiger partial charge < -0.3 is 15.5 Å². The van der Waals surface area contributed by atoms with Crippen molar-refractivity contribution in [3.05, 3.63) is 47.5 Å². The first-order chi connectivity index (χ1) is 13.1. The van der Waals surface area contributed by atoms with Crippen molar-refractivity contribution in [2.75, 3.05) is 31.1 Å². The molecule has 4 nitrogen and oxygen atoms in total. The topological polar surface area (TPSA) is 49.6 Å². The molecule has 0 spiro atoms. The summed E-state index contributed by atoms with van der Waals surface area (Å²) in [5.74, 6) is -0.0868. The first-order valence-electron chi connectivity index (χ1n) is 9.47. The Kier molecular flexibility index (Phi) is 5.62. The first-order valence-corrected chi connectivity index (χ1v) is 10.7. The average Bonchev–Trinajstić information content (AvgIpc) is 2.67. The van der Waals surface area contributed by atoms with E-state index in [4.69, 9.17) is 17.3 Å². The summed E-state index contributed by atoms with van der Waals surface area (Å²) in [4.78, 5) is 18.7. The van der Waals surface area contributed by atoms with Crippen LogP contribution in [0.25, 0.3) is 0 Å². The van der Waals surface area contributed by atoms with E-state index in [0.29, 0.717) is 0 Å². The van der Waals surface area contributed by atoms with E-state index in [1.165, 1.54) is 21.2 Å². The Morgan fingerprint density at radius 1 is 1.07 bits per heavy atom. The van der Waals surface area contributed by atoms with Crippen molar-refractivity contribution in [2.45, 2.75) is 29.1 Å². The summed E-state index contributed by atoms with van der Waals surface area (Å²) in [6.07, 6.45) is 2.85. The molecule has 2 N–H and O–H groups in total. The van der Waals surface area contributed by atoms with Gasteiger partial charge in [0.2, 0.25) is 5.91 Å². The highest BCUT2D eigenvalue weighted by molar-refractivity contribution is 7.99. The third kappa shape index (κ3) is 4.10. The van der Waals surface area contributed by atoms with Gasteiger partial charge >= 0.3 is 0 Å². The normalized spacial score (nSPS) is 17.4. The van der Waals surface area contributed by atoms with E-state index in [2.05, 4.69) is 46.2 Å². The summed E-state index contributed by atoms with van der Waals surface area (Å²) in [6.45, 7) is 3.93. The fourth-order valence-electron chi connectivity index (χ4n) is 3.94. The summed E-state index contributed by atoms with van der Waals surface area (Å²) in [7, 11) is 0. The molecule has 0 aromatic heterocycles. The van der Waals surface area contributed by atoms with E-state index in [0.717, 1.165) is 50.5 Å². The minimum Gasteiger partial charge on any atom is -0.369 e. The molecule has 1 fully saturated rings. The third-order valence-corrected chi connectivity index (χ3v) is 6.78. The van der Waals surface area contributed by atoms with Crippen molar-refractivity contribution in [3.8, 4) is 0 Å². The Morgan fingerprint density at radius 2 is 1.81 bits per heavy atom. The maximum atomic E-state index is 11.3. The molecule has 0 saturated carbocycles. The molecule has 0 radical (unpaired) electrons. The highest BCUT2D eigenvalue weighted by Crippen LogP contribution is 2.48. The molecule has 6 heteroatoms. The van der Waals surface area contributed by atoms with Gasteiger partial charge in [0.05, 0.1) is 11.4 Å². The van der Waals surface area contributed by atoms with Gasteiger partial charge in [0.15, 0.2) is 0 Å². The highest BCUT2D eigenvalue weighted by atomic mass is 35.5. The summed E-state index contributed by atoms with van der Waals surface area (Å²) >= 11 is 8.00. The number of para-hydroxylation sites is 1. The zero-order valence-electron chi connectivity index (χ0n) is 15.2. The predicted molar refractivity (Wildman–Crippen MR) is 112 cm³/mol. The van der Waals surface area contributed by atoms with Crippen molar-refractivity contribution in [2.24, 2.45) is 11.7 Å². The van der Waals surface area contributed by atoms with E-state index in [1.54, 1.807) is 11.8 Å². The van der Waals surface area contributed by atoms with Crippen LogP contribution in [0.4, 0.5) is 11.4 Å². The van der Waals surface area contributed by atoms with Crippen LogP contribution in [0.2, 0.25) is 5.02 Å². The van der Waals surface area contributed by atoms with Crippen LogP contribution in [-0.4, -0.2) is 37.0 Å². The molecule has 0 bridgehead atoms. The number of rotatable bonds is 5.